The third-order valence-electron chi connectivity index (χ3n) is 7.89. The lowest BCUT2D eigenvalue weighted by Crippen LogP contribution is -2.18. The number of nitrogens with zero attached hydrogens (tertiary/aromatic N) is 4. The zero-order valence-corrected chi connectivity index (χ0v) is 22.9. The van der Waals surface area contributed by atoms with Crippen molar-refractivity contribution in [1.82, 2.24) is 9.13 Å². The summed E-state index contributed by atoms with van der Waals surface area (Å²) in [5.74, 6) is 2.46. The van der Waals surface area contributed by atoms with E-state index in [2.05, 4.69) is 167 Å². The van der Waals surface area contributed by atoms with Crippen molar-refractivity contribution in [1.29, 1.82) is 0 Å². The van der Waals surface area contributed by atoms with Crippen molar-refractivity contribution in [3.63, 3.8) is 0 Å². The van der Waals surface area contributed by atoms with Crippen LogP contribution < -0.4 is 9.80 Å². The lowest BCUT2D eigenvalue weighted by molar-refractivity contribution is 0.960. The summed E-state index contributed by atoms with van der Waals surface area (Å²) in [5.41, 5.74) is 7.55. The molecule has 0 fully saturated rings. The van der Waals surface area contributed by atoms with E-state index in [1.165, 1.54) is 55.9 Å². The van der Waals surface area contributed by atoms with Gasteiger partial charge in [0.15, 0.2) is 0 Å². The average molecular weight is 553 g/mol. The van der Waals surface area contributed by atoms with Gasteiger partial charge in [-0.2, -0.15) is 0 Å². The minimum Gasteiger partial charge on any atom is -0.334 e. The summed E-state index contributed by atoms with van der Waals surface area (Å²) < 4.78 is 4.63. The van der Waals surface area contributed by atoms with Crippen LogP contribution in [-0.4, -0.2) is 22.2 Å². The molecular weight excluding hydrogens is 512 g/mol. The molecule has 2 aliphatic rings. The third kappa shape index (κ3) is 4.69. The Morgan fingerprint density at radius 2 is 1.07 bits per heavy atom. The highest BCUT2D eigenvalue weighted by Gasteiger charge is 2.19. The van der Waals surface area contributed by atoms with Gasteiger partial charge in [-0.05, 0) is 68.0 Å². The zero-order valence-electron chi connectivity index (χ0n) is 22.9. The standard InChI is InChI=1S/2C18H16N2.2CH4/c1-2-19-16-9-5-3-7-14(16)11-12-20-17-10-6-4-8-15(17)13-18(19)20;1-2-19-12-11-14-7-3-5-9-16(14)20-17-10-6-4-8-15(17)13-18(19)20;;/h2*3-13H,2H2,1H3;2*1H4. The molecule has 0 radical (unpaired) electrons. The Morgan fingerprint density at radius 1 is 0.524 bits per heavy atom. The maximum Gasteiger partial charge on any atom is 0.118 e. The fraction of sp³-hybridized carbons (Fsp3) is 0.158. The van der Waals surface area contributed by atoms with Crippen LogP contribution >= 0.6 is 0 Å². The van der Waals surface area contributed by atoms with Crippen molar-refractivity contribution in [3.05, 3.63) is 127 Å². The number of para-hydroxylation sites is 4. The van der Waals surface area contributed by atoms with Crippen LogP contribution in [0.4, 0.5) is 17.3 Å². The fourth-order valence-corrected chi connectivity index (χ4v) is 5.96. The molecule has 0 atom stereocenters. The Bertz CT molecular complexity index is 1900. The number of hydrogen-bond donors (Lipinski definition) is 0. The molecule has 212 valence electrons. The van der Waals surface area contributed by atoms with Gasteiger partial charge in [-0.15, -0.1) is 0 Å². The van der Waals surface area contributed by atoms with Crippen molar-refractivity contribution in [2.24, 2.45) is 0 Å². The molecule has 0 unspecified atom stereocenters. The highest BCUT2D eigenvalue weighted by molar-refractivity contribution is 5.93. The molecule has 0 saturated carbocycles. The fourth-order valence-electron chi connectivity index (χ4n) is 5.96. The summed E-state index contributed by atoms with van der Waals surface area (Å²) in [6, 6.07) is 38.8. The Kier molecular flexibility index (Phi) is 8.08. The van der Waals surface area contributed by atoms with Gasteiger partial charge in [0, 0.05) is 47.5 Å². The second-order valence-corrected chi connectivity index (χ2v) is 10.1. The van der Waals surface area contributed by atoms with E-state index < -0.39 is 0 Å². The molecule has 4 heterocycles. The number of aromatic nitrogens is 2. The Labute approximate surface area is 250 Å². The molecule has 0 spiro atoms. The summed E-state index contributed by atoms with van der Waals surface area (Å²) in [7, 11) is 0. The first-order valence-electron chi connectivity index (χ1n) is 14.1. The highest BCUT2D eigenvalue weighted by Crippen LogP contribution is 2.37. The van der Waals surface area contributed by atoms with Crippen LogP contribution in [0, 0.1) is 0 Å². The highest BCUT2D eigenvalue weighted by atomic mass is 15.2. The van der Waals surface area contributed by atoms with E-state index in [1.54, 1.807) is 0 Å². The van der Waals surface area contributed by atoms with E-state index in [9.17, 15) is 0 Å². The van der Waals surface area contributed by atoms with Crippen molar-refractivity contribution in [3.8, 4) is 5.69 Å². The van der Waals surface area contributed by atoms with Crippen molar-refractivity contribution < 1.29 is 0 Å². The molecule has 6 aromatic rings. The molecule has 0 bridgehead atoms. The number of anilines is 3. The second kappa shape index (κ2) is 11.9. The molecule has 2 aliphatic heterocycles. The largest absolute Gasteiger partial charge is 0.334 e. The number of benzene rings is 4. The Hall–Kier alpha value is -4.96. The quantitative estimate of drug-likeness (QED) is 0.212. The van der Waals surface area contributed by atoms with Crippen LogP contribution in [0.1, 0.15) is 39.8 Å². The van der Waals surface area contributed by atoms with Crippen LogP contribution in [0.3, 0.4) is 0 Å². The van der Waals surface area contributed by atoms with Crippen LogP contribution in [0.5, 0.6) is 0 Å². The van der Waals surface area contributed by atoms with E-state index >= 15 is 0 Å². The minimum absolute atomic E-state index is 0. The van der Waals surface area contributed by atoms with E-state index in [1.807, 2.05) is 0 Å². The molecule has 0 N–H and O–H groups in total. The van der Waals surface area contributed by atoms with Gasteiger partial charge in [-0.3, -0.25) is 4.57 Å². The van der Waals surface area contributed by atoms with Crippen molar-refractivity contribution >= 4 is 57.5 Å². The van der Waals surface area contributed by atoms with Gasteiger partial charge in [0.05, 0.1) is 16.7 Å². The lowest BCUT2D eigenvalue weighted by atomic mass is 10.1. The van der Waals surface area contributed by atoms with Crippen LogP contribution in [0.15, 0.2) is 115 Å². The van der Waals surface area contributed by atoms with Gasteiger partial charge in [0.2, 0.25) is 0 Å². The average Bonchev–Trinajstić information content (AvgIpc) is 3.46. The molecule has 4 heteroatoms. The minimum atomic E-state index is 0. The first-order valence-corrected chi connectivity index (χ1v) is 14.1. The lowest BCUT2D eigenvalue weighted by Gasteiger charge is -2.23. The maximum atomic E-state index is 2.37. The summed E-state index contributed by atoms with van der Waals surface area (Å²) in [5, 5.41) is 2.57. The SMILES string of the molecule is C.C.CCN1C=Cc2ccccc2-n2c1cc1ccccc12.CCN1c2ccccc2C=Cn2c1cc1ccccc12. The Balaban J connectivity index is 0.000000160. The van der Waals surface area contributed by atoms with Gasteiger partial charge in [0.25, 0.3) is 0 Å². The number of rotatable bonds is 2. The summed E-state index contributed by atoms with van der Waals surface area (Å²) in [6.07, 6.45) is 8.74. The topological polar surface area (TPSA) is 16.3 Å². The van der Waals surface area contributed by atoms with Gasteiger partial charge in [-0.25, -0.2) is 0 Å². The molecule has 4 nitrogen and oxygen atoms in total. The maximum absolute atomic E-state index is 2.37. The number of fused-ring (bicyclic) bond motifs is 9. The first kappa shape index (κ1) is 28.6. The van der Waals surface area contributed by atoms with Crippen LogP contribution in [-0.2, 0) is 0 Å². The predicted molar refractivity (Wildman–Crippen MR) is 185 cm³/mol. The molecule has 8 rings (SSSR count). The molecule has 0 saturated heterocycles. The van der Waals surface area contributed by atoms with Crippen molar-refractivity contribution in [2.45, 2.75) is 28.7 Å². The van der Waals surface area contributed by atoms with Crippen molar-refractivity contribution in [2.75, 3.05) is 22.9 Å². The monoisotopic (exact) mass is 552 g/mol. The van der Waals surface area contributed by atoms with Gasteiger partial charge in [0.1, 0.15) is 11.6 Å². The third-order valence-corrected chi connectivity index (χ3v) is 7.89. The smallest absolute Gasteiger partial charge is 0.118 e. The Morgan fingerprint density at radius 3 is 1.79 bits per heavy atom. The van der Waals surface area contributed by atoms with Gasteiger partial charge >= 0.3 is 0 Å². The summed E-state index contributed by atoms with van der Waals surface area (Å²) in [6.45, 7) is 6.29. The van der Waals surface area contributed by atoms with E-state index in [0.29, 0.717) is 0 Å². The first-order chi connectivity index (χ1) is 19.8. The molecule has 0 aliphatic carbocycles. The summed E-state index contributed by atoms with van der Waals surface area (Å²) in [4.78, 5) is 4.66. The predicted octanol–water partition coefficient (Wildman–Crippen LogP) is 10.5. The van der Waals surface area contributed by atoms with Crippen LogP contribution in [0.2, 0.25) is 0 Å². The van der Waals surface area contributed by atoms with E-state index in [0.717, 1.165) is 13.1 Å². The van der Waals surface area contributed by atoms with Gasteiger partial charge < -0.3 is 14.4 Å². The zero-order chi connectivity index (χ0) is 27.1. The van der Waals surface area contributed by atoms with E-state index in [4.69, 9.17) is 0 Å². The molecule has 42 heavy (non-hydrogen) atoms. The summed E-state index contributed by atoms with van der Waals surface area (Å²) >= 11 is 0. The van der Waals surface area contributed by atoms with Gasteiger partial charge in [-0.1, -0.05) is 87.6 Å². The normalized spacial score (nSPS) is 12.5. The molecule has 2 aromatic heterocycles. The molecule has 0 amide bonds. The number of hydrogen-bond acceptors (Lipinski definition) is 2. The second-order valence-electron chi connectivity index (χ2n) is 10.1. The molecular formula is C38H40N4. The van der Waals surface area contributed by atoms with E-state index in [-0.39, 0.29) is 14.9 Å². The molecule has 4 aromatic carbocycles. The van der Waals surface area contributed by atoms with Crippen LogP contribution in [0.25, 0.3) is 45.8 Å².